The molecule has 0 radical (unpaired) electrons. The minimum absolute atomic E-state index is 0.634. The van der Waals surface area contributed by atoms with Crippen LogP contribution in [0.1, 0.15) is 32.8 Å². The molecule has 0 amide bonds. The van der Waals surface area contributed by atoms with Gasteiger partial charge in [0.15, 0.2) is 11.5 Å². The van der Waals surface area contributed by atoms with E-state index < -0.39 is 0 Å². The third-order valence-corrected chi connectivity index (χ3v) is 3.58. The van der Waals surface area contributed by atoms with E-state index in [2.05, 4.69) is 35.1 Å². The van der Waals surface area contributed by atoms with Gasteiger partial charge in [0.2, 0.25) is 0 Å². The van der Waals surface area contributed by atoms with Crippen molar-refractivity contribution in [1.82, 2.24) is 5.32 Å². The summed E-state index contributed by atoms with van der Waals surface area (Å²) in [5.41, 5.74) is 1.18. The first-order chi connectivity index (χ1) is 9.08. The number of halogens is 1. The van der Waals surface area contributed by atoms with Crippen molar-refractivity contribution in [2.45, 2.75) is 33.7 Å². The van der Waals surface area contributed by atoms with E-state index >= 15 is 0 Å². The Morgan fingerprint density at radius 1 is 1.26 bits per heavy atom. The lowest BCUT2D eigenvalue weighted by Gasteiger charge is -2.14. The van der Waals surface area contributed by atoms with Gasteiger partial charge < -0.3 is 14.8 Å². The number of hydrogen-bond donors (Lipinski definition) is 1. The van der Waals surface area contributed by atoms with E-state index in [0.717, 1.165) is 35.0 Å². The molecule has 0 unspecified atom stereocenters. The molecule has 1 aromatic rings. The maximum absolute atomic E-state index is 5.55. The quantitative estimate of drug-likeness (QED) is 0.731. The van der Waals surface area contributed by atoms with Gasteiger partial charge in [-0.25, -0.2) is 0 Å². The lowest BCUT2D eigenvalue weighted by Crippen LogP contribution is -2.16. The molecule has 0 aliphatic rings. The van der Waals surface area contributed by atoms with Crippen LogP contribution in [0.25, 0.3) is 0 Å². The van der Waals surface area contributed by atoms with Gasteiger partial charge in [0, 0.05) is 11.0 Å². The number of hydrogen-bond acceptors (Lipinski definition) is 3. The van der Waals surface area contributed by atoms with E-state index in [4.69, 9.17) is 9.47 Å². The second-order valence-corrected chi connectivity index (χ2v) is 5.74. The van der Waals surface area contributed by atoms with Gasteiger partial charge in [-0.1, -0.05) is 29.8 Å². The molecule has 1 rings (SSSR count). The number of ether oxygens (including phenoxy) is 2. The van der Waals surface area contributed by atoms with Crippen molar-refractivity contribution >= 4 is 15.9 Å². The summed E-state index contributed by atoms with van der Waals surface area (Å²) in [5, 5.41) is 3.45. The fourth-order valence-corrected chi connectivity index (χ4v) is 2.22. The smallest absolute Gasteiger partial charge is 0.162 e. The zero-order valence-corrected chi connectivity index (χ0v) is 13.8. The minimum atomic E-state index is 0.634. The van der Waals surface area contributed by atoms with Crippen molar-refractivity contribution < 1.29 is 9.47 Å². The highest BCUT2D eigenvalue weighted by molar-refractivity contribution is 9.10. The van der Waals surface area contributed by atoms with Crippen LogP contribution in [0.4, 0.5) is 0 Å². The molecule has 4 heteroatoms. The van der Waals surface area contributed by atoms with E-state index in [1.165, 1.54) is 12.0 Å². The van der Waals surface area contributed by atoms with Gasteiger partial charge in [-0.2, -0.15) is 0 Å². The third-order valence-electron chi connectivity index (χ3n) is 2.85. The molecule has 0 spiro atoms. The Hall–Kier alpha value is -0.740. The molecule has 1 N–H and O–H groups in total. The maximum atomic E-state index is 5.55. The summed E-state index contributed by atoms with van der Waals surface area (Å²) in [6, 6.07) is 4.00. The van der Waals surface area contributed by atoms with E-state index in [1.807, 2.05) is 19.1 Å². The van der Waals surface area contributed by atoms with Crippen molar-refractivity contribution in [2.75, 3.05) is 20.3 Å². The summed E-state index contributed by atoms with van der Waals surface area (Å²) in [6.45, 7) is 8.92. The first kappa shape index (κ1) is 16.3. The van der Waals surface area contributed by atoms with E-state index in [9.17, 15) is 0 Å². The highest BCUT2D eigenvalue weighted by Gasteiger charge is 2.09. The molecule has 0 fully saturated rings. The normalized spacial score (nSPS) is 10.8. The Kier molecular flexibility index (Phi) is 7.24. The molecular weight excluding hydrogens is 306 g/mol. The largest absolute Gasteiger partial charge is 0.493 e. The van der Waals surface area contributed by atoms with Crippen LogP contribution in [0.2, 0.25) is 0 Å². The van der Waals surface area contributed by atoms with Gasteiger partial charge in [0.05, 0.1) is 13.7 Å². The Bertz CT molecular complexity index is 394. The van der Waals surface area contributed by atoms with Crippen molar-refractivity contribution in [1.29, 1.82) is 0 Å². The molecule has 0 heterocycles. The van der Waals surface area contributed by atoms with Crippen LogP contribution in [0.3, 0.4) is 0 Å². The summed E-state index contributed by atoms with van der Waals surface area (Å²) in [4.78, 5) is 0. The van der Waals surface area contributed by atoms with Crippen molar-refractivity contribution in [3.8, 4) is 11.5 Å². The Morgan fingerprint density at radius 3 is 2.58 bits per heavy atom. The number of nitrogens with one attached hydrogen (secondary N) is 1. The fraction of sp³-hybridized carbons (Fsp3) is 0.600. The Morgan fingerprint density at radius 2 is 2.00 bits per heavy atom. The van der Waals surface area contributed by atoms with Crippen molar-refractivity contribution in [3.05, 3.63) is 22.2 Å². The summed E-state index contributed by atoms with van der Waals surface area (Å²) < 4.78 is 12.0. The monoisotopic (exact) mass is 329 g/mol. The zero-order chi connectivity index (χ0) is 14.3. The molecule has 0 saturated heterocycles. The predicted octanol–water partition coefficient (Wildman–Crippen LogP) is 3.99. The second kappa shape index (κ2) is 8.43. The molecule has 0 aromatic heterocycles. The molecule has 1 aromatic carbocycles. The molecule has 0 aliphatic heterocycles. The second-order valence-electron chi connectivity index (χ2n) is 4.89. The fourth-order valence-electron chi connectivity index (χ4n) is 1.75. The molecule has 108 valence electrons. The highest BCUT2D eigenvalue weighted by atomic mass is 79.9. The Balaban J connectivity index is 2.67. The number of benzene rings is 1. The maximum Gasteiger partial charge on any atom is 0.162 e. The number of methoxy groups -OCH3 is 1. The lowest BCUT2D eigenvalue weighted by atomic mass is 10.1. The van der Waals surface area contributed by atoms with Crippen LogP contribution >= 0.6 is 15.9 Å². The van der Waals surface area contributed by atoms with Gasteiger partial charge in [0.1, 0.15) is 0 Å². The van der Waals surface area contributed by atoms with Crippen LogP contribution in [0.15, 0.2) is 16.6 Å². The van der Waals surface area contributed by atoms with Crippen LogP contribution in [-0.4, -0.2) is 20.3 Å². The summed E-state index contributed by atoms with van der Waals surface area (Å²) in [7, 11) is 1.67. The molecule has 0 saturated carbocycles. The standard InChI is InChI=1S/C15H24BrNO2/c1-5-19-15-9-13(16)12(8-14(15)18-4)10-17-7-6-11(2)3/h8-9,11,17H,5-7,10H2,1-4H3. The predicted molar refractivity (Wildman–Crippen MR) is 83.0 cm³/mol. The topological polar surface area (TPSA) is 30.5 Å². The lowest BCUT2D eigenvalue weighted by molar-refractivity contribution is 0.310. The third kappa shape index (κ3) is 5.41. The van der Waals surface area contributed by atoms with E-state index in [-0.39, 0.29) is 0 Å². The zero-order valence-electron chi connectivity index (χ0n) is 12.3. The molecule has 0 bridgehead atoms. The molecule has 3 nitrogen and oxygen atoms in total. The van der Waals surface area contributed by atoms with Crippen LogP contribution < -0.4 is 14.8 Å². The van der Waals surface area contributed by atoms with Gasteiger partial charge in [-0.3, -0.25) is 0 Å². The molecule has 0 aliphatic carbocycles. The van der Waals surface area contributed by atoms with E-state index in [0.29, 0.717) is 6.61 Å². The number of rotatable bonds is 8. The average Bonchev–Trinajstić information content (AvgIpc) is 2.36. The molecular formula is C15H24BrNO2. The summed E-state index contributed by atoms with van der Waals surface area (Å²) in [6.07, 6.45) is 1.19. The molecule has 0 atom stereocenters. The van der Waals surface area contributed by atoms with Crippen molar-refractivity contribution in [2.24, 2.45) is 5.92 Å². The van der Waals surface area contributed by atoms with E-state index in [1.54, 1.807) is 7.11 Å². The van der Waals surface area contributed by atoms with Crippen LogP contribution in [-0.2, 0) is 6.54 Å². The highest BCUT2D eigenvalue weighted by Crippen LogP contribution is 2.33. The van der Waals surface area contributed by atoms with Gasteiger partial charge >= 0.3 is 0 Å². The van der Waals surface area contributed by atoms with Gasteiger partial charge in [0.25, 0.3) is 0 Å². The first-order valence-electron chi connectivity index (χ1n) is 6.78. The average molecular weight is 330 g/mol. The van der Waals surface area contributed by atoms with Crippen LogP contribution in [0.5, 0.6) is 11.5 Å². The van der Waals surface area contributed by atoms with Crippen molar-refractivity contribution in [3.63, 3.8) is 0 Å². The minimum Gasteiger partial charge on any atom is -0.493 e. The van der Waals surface area contributed by atoms with Gasteiger partial charge in [-0.15, -0.1) is 0 Å². The van der Waals surface area contributed by atoms with Gasteiger partial charge in [-0.05, 0) is 43.5 Å². The molecule has 19 heavy (non-hydrogen) atoms. The first-order valence-corrected chi connectivity index (χ1v) is 7.57. The summed E-state index contributed by atoms with van der Waals surface area (Å²) >= 11 is 3.59. The van der Waals surface area contributed by atoms with Crippen LogP contribution in [0, 0.1) is 5.92 Å². The Labute approximate surface area is 124 Å². The SMILES string of the molecule is CCOc1cc(Br)c(CNCCC(C)C)cc1OC. The summed E-state index contributed by atoms with van der Waals surface area (Å²) in [5.74, 6) is 2.29.